The van der Waals surface area contributed by atoms with Crippen LogP contribution in [-0.2, 0) is 33.0 Å². The molecule has 2 aromatic carbocycles. The van der Waals surface area contributed by atoms with Gasteiger partial charge in [0, 0.05) is 67.7 Å². The van der Waals surface area contributed by atoms with Crippen molar-refractivity contribution < 1.29 is 4.74 Å². The Hall–Kier alpha value is -3.81. The Labute approximate surface area is 265 Å². The smallest absolute Gasteiger partial charge is 0.253 e. The minimum Gasteiger partial charge on any atom is -0.496 e. The minimum atomic E-state index is 0.0204. The molecule has 0 radical (unpaired) electrons. The van der Waals surface area contributed by atoms with Gasteiger partial charge >= 0.3 is 0 Å². The van der Waals surface area contributed by atoms with E-state index in [4.69, 9.17) is 22.1 Å². The number of nitrogens with two attached hydrogens (primary N) is 1. The van der Waals surface area contributed by atoms with Gasteiger partial charge in [0.25, 0.3) is 5.56 Å². The molecule has 2 aromatic heterocycles. The van der Waals surface area contributed by atoms with Gasteiger partial charge in [-0.25, -0.2) is 4.98 Å². The van der Waals surface area contributed by atoms with E-state index in [0.29, 0.717) is 16.8 Å². The van der Waals surface area contributed by atoms with E-state index < -0.39 is 0 Å². The molecule has 7 nitrogen and oxygen atoms in total. The summed E-state index contributed by atoms with van der Waals surface area (Å²) < 4.78 is 7.51. The second-order valence-electron chi connectivity index (χ2n) is 12.4. The lowest BCUT2D eigenvalue weighted by atomic mass is 9.85. The van der Waals surface area contributed by atoms with Crippen molar-refractivity contribution in [3.63, 3.8) is 0 Å². The van der Waals surface area contributed by atoms with E-state index in [9.17, 15) is 4.79 Å². The summed E-state index contributed by atoms with van der Waals surface area (Å²) in [6.07, 6.45) is 8.33. The van der Waals surface area contributed by atoms with E-state index in [-0.39, 0.29) is 5.56 Å². The Morgan fingerprint density at radius 3 is 2.59 bits per heavy atom. The molecule has 0 atom stereocenters. The number of nitrogens with zero attached hydrogens (tertiary/aromatic N) is 4. The first-order valence-electron chi connectivity index (χ1n) is 15.5. The first kappa shape index (κ1) is 30.2. The number of fused-ring (bicyclic) bond motifs is 1. The Kier molecular flexibility index (Phi) is 8.70. The number of methoxy groups -OCH3 is 1. The fourth-order valence-corrected chi connectivity index (χ4v) is 7.23. The van der Waals surface area contributed by atoms with Crippen molar-refractivity contribution in [2.45, 2.75) is 52.6 Å². The van der Waals surface area contributed by atoms with Crippen molar-refractivity contribution in [1.82, 2.24) is 14.5 Å². The van der Waals surface area contributed by atoms with E-state index in [0.717, 1.165) is 79.1 Å². The average Bonchev–Trinajstić information content (AvgIpc) is 3.03. The quantitative estimate of drug-likeness (QED) is 0.263. The summed E-state index contributed by atoms with van der Waals surface area (Å²) in [4.78, 5) is 21.6. The molecular formula is C36H42ClN5O2. The molecule has 0 aliphatic carbocycles. The summed E-state index contributed by atoms with van der Waals surface area (Å²) >= 11 is 6.95. The molecule has 4 aromatic rings. The number of piperidine rings is 1. The SMILES string of the molecule is COc1cc(-c2cn(C)c(=O)c(C)c2C)cc(Cl)c1CN1CCc2c(CC3CCN(c4ccc(N)nc4)CC3)cccc2C1. The molecule has 0 spiro atoms. The van der Waals surface area contributed by atoms with Crippen LogP contribution in [0, 0.1) is 19.8 Å². The molecule has 2 aliphatic rings. The molecule has 2 aliphatic heterocycles. The summed E-state index contributed by atoms with van der Waals surface area (Å²) in [5.41, 5.74) is 16.1. The summed E-state index contributed by atoms with van der Waals surface area (Å²) in [5.74, 6) is 2.04. The highest BCUT2D eigenvalue weighted by Gasteiger charge is 2.25. The number of pyridine rings is 2. The molecule has 0 amide bonds. The highest BCUT2D eigenvalue weighted by Crippen LogP contribution is 2.37. The molecule has 0 saturated carbocycles. The lowest BCUT2D eigenvalue weighted by Gasteiger charge is -2.35. The van der Waals surface area contributed by atoms with E-state index >= 15 is 0 Å². The number of hydrogen-bond acceptors (Lipinski definition) is 6. The fourth-order valence-electron chi connectivity index (χ4n) is 6.96. The van der Waals surface area contributed by atoms with Gasteiger partial charge in [-0.3, -0.25) is 9.69 Å². The normalized spacial score (nSPS) is 15.8. The number of anilines is 2. The van der Waals surface area contributed by atoms with Gasteiger partial charge in [-0.05, 0) is 97.5 Å². The van der Waals surface area contributed by atoms with Crippen molar-refractivity contribution in [3.8, 4) is 16.9 Å². The summed E-state index contributed by atoms with van der Waals surface area (Å²) in [7, 11) is 3.49. The number of rotatable bonds is 7. The maximum Gasteiger partial charge on any atom is 0.253 e. The van der Waals surface area contributed by atoms with E-state index in [2.05, 4.69) is 45.1 Å². The summed E-state index contributed by atoms with van der Waals surface area (Å²) in [6.45, 7) is 8.57. The largest absolute Gasteiger partial charge is 0.496 e. The Morgan fingerprint density at radius 2 is 1.86 bits per heavy atom. The molecule has 44 heavy (non-hydrogen) atoms. The predicted octanol–water partition coefficient (Wildman–Crippen LogP) is 6.33. The van der Waals surface area contributed by atoms with Gasteiger partial charge in [-0.15, -0.1) is 0 Å². The van der Waals surface area contributed by atoms with Gasteiger partial charge in [-0.1, -0.05) is 29.8 Å². The highest BCUT2D eigenvalue weighted by molar-refractivity contribution is 6.32. The second kappa shape index (κ2) is 12.7. The minimum absolute atomic E-state index is 0.0204. The number of nitrogen functional groups attached to an aromatic ring is 1. The van der Waals surface area contributed by atoms with Gasteiger partial charge in [0.1, 0.15) is 11.6 Å². The zero-order chi connectivity index (χ0) is 31.0. The van der Waals surface area contributed by atoms with Gasteiger partial charge in [0.2, 0.25) is 0 Å². The van der Waals surface area contributed by atoms with E-state index in [1.807, 2.05) is 38.4 Å². The third-order valence-electron chi connectivity index (χ3n) is 9.70. The van der Waals surface area contributed by atoms with Crippen LogP contribution in [0.4, 0.5) is 11.5 Å². The topological polar surface area (TPSA) is 76.6 Å². The number of ether oxygens (including phenoxy) is 1. The third kappa shape index (κ3) is 6.08. The van der Waals surface area contributed by atoms with Crippen molar-refractivity contribution in [2.24, 2.45) is 13.0 Å². The molecule has 1 fully saturated rings. The monoisotopic (exact) mass is 611 g/mol. The average molecular weight is 612 g/mol. The third-order valence-corrected chi connectivity index (χ3v) is 10.0. The molecular weight excluding hydrogens is 570 g/mol. The van der Waals surface area contributed by atoms with Gasteiger partial charge in [0.05, 0.1) is 19.0 Å². The van der Waals surface area contributed by atoms with Crippen LogP contribution in [0.5, 0.6) is 5.75 Å². The van der Waals surface area contributed by atoms with E-state index in [1.165, 1.54) is 35.2 Å². The van der Waals surface area contributed by atoms with Crippen molar-refractivity contribution in [2.75, 3.05) is 37.4 Å². The summed E-state index contributed by atoms with van der Waals surface area (Å²) in [5, 5.41) is 0.686. The Bertz CT molecular complexity index is 1720. The lowest BCUT2D eigenvalue weighted by molar-refractivity contribution is 0.241. The molecule has 0 unspecified atom stereocenters. The number of aryl methyl sites for hydroxylation is 1. The zero-order valence-electron chi connectivity index (χ0n) is 26.2. The number of benzene rings is 2. The number of aromatic nitrogens is 2. The molecule has 230 valence electrons. The molecule has 0 bridgehead atoms. The van der Waals surface area contributed by atoms with Crippen LogP contribution in [0.2, 0.25) is 5.02 Å². The zero-order valence-corrected chi connectivity index (χ0v) is 27.0. The molecule has 1 saturated heterocycles. The van der Waals surface area contributed by atoms with Crippen LogP contribution < -0.4 is 20.9 Å². The number of halogens is 1. The number of hydrogen-bond donors (Lipinski definition) is 1. The Balaban J connectivity index is 1.14. The standard InChI is InChI=1S/C36H42ClN5O2/c1-23-24(2)36(43)40(3)21-31(23)28-17-33(37)32(34(18-28)44-4)22-41-13-12-30-26(6-5-7-27(30)20-41)16-25-10-14-42(15-11-25)29-8-9-35(38)39-19-29/h5-9,17-19,21,25H,10-16,20,22H2,1-4H3,(H2,38,39). The van der Waals surface area contributed by atoms with Crippen LogP contribution in [0.3, 0.4) is 0 Å². The maximum absolute atomic E-state index is 12.4. The highest BCUT2D eigenvalue weighted by atomic mass is 35.5. The molecule has 2 N–H and O–H groups in total. The van der Waals surface area contributed by atoms with Crippen LogP contribution in [0.1, 0.15) is 46.2 Å². The van der Waals surface area contributed by atoms with Gasteiger partial charge in [-0.2, -0.15) is 0 Å². The van der Waals surface area contributed by atoms with Crippen LogP contribution in [0.25, 0.3) is 11.1 Å². The molecule has 6 rings (SSSR count). The predicted molar refractivity (Wildman–Crippen MR) is 180 cm³/mol. The molecule has 4 heterocycles. The molecule has 8 heteroatoms. The Morgan fingerprint density at radius 1 is 1.07 bits per heavy atom. The van der Waals surface area contributed by atoms with Crippen LogP contribution >= 0.6 is 11.6 Å². The van der Waals surface area contributed by atoms with Gasteiger partial charge < -0.3 is 19.9 Å². The van der Waals surface area contributed by atoms with Gasteiger partial charge in [0.15, 0.2) is 0 Å². The first-order chi connectivity index (χ1) is 21.2. The van der Waals surface area contributed by atoms with Crippen molar-refractivity contribution in [1.29, 1.82) is 0 Å². The van der Waals surface area contributed by atoms with Crippen LogP contribution in [-0.4, -0.2) is 41.2 Å². The van der Waals surface area contributed by atoms with Crippen molar-refractivity contribution in [3.05, 3.63) is 104 Å². The van der Waals surface area contributed by atoms with Crippen LogP contribution in [0.15, 0.2) is 59.7 Å². The summed E-state index contributed by atoms with van der Waals surface area (Å²) in [6, 6.07) is 14.9. The lowest BCUT2D eigenvalue weighted by Crippen LogP contribution is -2.35. The second-order valence-corrected chi connectivity index (χ2v) is 12.8. The fraction of sp³-hybridized carbons (Fsp3) is 0.389. The first-order valence-corrected chi connectivity index (χ1v) is 15.9. The van der Waals surface area contributed by atoms with Crippen molar-refractivity contribution >= 4 is 23.1 Å². The maximum atomic E-state index is 12.4. The van der Waals surface area contributed by atoms with E-state index in [1.54, 1.807) is 18.7 Å².